The molecule has 1 unspecified atom stereocenters. The lowest BCUT2D eigenvalue weighted by atomic mass is 10.2. The van der Waals surface area contributed by atoms with Gasteiger partial charge in [-0.2, -0.15) is 0 Å². The number of amides is 1. The fourth-order valence-electron chi connectivity index (χ4n) is 1.68. The Hall–Kier alpha value is -1.94. The first-order chi connectivity index (χ1) is 9.54. The van der Waals surface area contributed by atoms with Crippen LogP contribution in [-0.4, -0.2) is 11.2 Å². The number of nitrogen functional groups attached to an aromatic ring is 1. The summed E-state index contributed by atoms with van der Waals surface area (Å²) in [5, 5.41) is 2.75. The van der Waals surface area contributed by atoms with Gasteiger partial charge in [-0.1, -0.05) is 17.7 Å². The quantitative estimate of drug-likeness (QED) is 0.665. The third-order valence-corrected chi connectivity index (χ3v) is 3.99. The molecule has 104 valence electrons. The van der Waals surface area contributed by atoms with Crippen molar-refractivity contribution in [2.75, 3.05) is 11.1 Å². The second-order valence-corrected chi connectivity index (χ2v) is 6.10. The molecule has 0 radical (unpaired) electrons. The van der Waals surface area contributed by atoms with Crippen LogP contribution in [0.4, 0.5) is 11.4 Å². The molecule has 3 nitrogen and oxygen atoms in total. The molecule has 4 heteroatoms. The maximum Gasteiger partial charge on any atom is 0.237 e. The first kappa shape index (κ1) is 14.5. The van der Waals surface area contributed by atoms with Crippen molar-refractivity contribution in [3.63, 3.8) is 0 Å². The maximum atomic E-state index is 12.1. The molecular formula is C16H18N2OS. The van der Waals surface area contributed by atoms with E-state index in [1.54, 1.807) is 0 Å². The lowest BCUT2D eigenvalue weighted by molar-refractivity contribution is -0.115. The number of rotatable bonds is 4. The molecular weight excluding hydrogens is 268 g/mol. The summed E-state index contributed by atoms with van der Waals surface area (Å²) in [7, 11) is 0. The molecule has 0 heterocycles. The smallest absolute Gasteiger partial charge is 0.237 e. The Bertz CT molecular complexity index is 578. The molecule has 0 aliphatic heterocycles. The van der Waals surface area contributed by atoms with Crippen LogP contribution in [0.15, 0.2) is 53.4 Å². The SMILES string of the molecule is Cc1ccc(NC(=O)C(C)Sc2ccc(N)cc2)cc1. The normalized spacial score (nSPS) is 11.9. The number of thioether (sulfide) groups is 1. The largest absolute Gasteiger partial charge is 0.399 e. The molecule has 20 heavy (non-hydrogen) atoms. The van der Waals surface area contributed by atoms with Crippen molar-refractivity contribution < 1.29 is 4.79 Å². The van der Waals surface area contributed by atoms with Gasteiger partial charge in [0.15, 0.2) is 0 Å². The highest BCUT2D eigenvalue weighted by Crippen LogP contribution is 2.25. The Kier molecular flexibility index (Phi) is 4.69. The predicted octanol–water partition coefficient (Wildman–Crippen LogP) is 3.70. The lowest BCUT2D eigenvalue weighted by Gasteiger charge is -2.12. The van der Waals surface area contributed by atoms with E-state index < -0.39 is 0 Å². The van der Waals surface area contributed by atoms with Crippen molar-refractivity contribution in [3.05, 3.63) is 54.1 Å². The van der Waals surface area contributed by atoms with Crippen LogP contribution < -0.4 is 11.1 Å². The van der Waals surface area contributed by atoms with Crippen LogP contribution in [0.1, 0.15) is 12.5 Å². The van der Waals surface area contributed by atoms with Crippen LogP contribution in [-0.2, 0) is 4.79 Å². The van der Waals surface area contributed by atoms with Crippen molar-refractivity contribution in [2.45, 2.75) is 24.0 Å². The molecule has 0 bridgehead atoms. The van der Waals surface area contributed by atoms with Gasteiger partial charge in [-0.15, -0.1) is 11.8 Å². The van der Waals surface area contributed by atoms with Crippen LogP contribution >= 0.6 is 11.8 Å². The summed E-state index contributed by atoms with van der Waals surface area (Å²) >= 11 is 1.52. The van der Waals surface area contributed by atoms with Crippen LogP contribution in [0, 0.1) is 6.92 Å². The van der Waals surface area contributed by atoms with Crippen molar-refractivity contribution >= 4 is 29.0 Å². The highest BCUT2D eigenvalue weighted by molar-refractivity contribution is 8.00. The topological polar surface area (TPSA) is 55.1 Å². The van der Waals surface area contributed by atoms with Gasteiger partial charge in [0.1, 0.15) is 0 Å². The molecule has 0 aliphatic carbocycles. The second kappa shape index (κ2) is 6.48. The van der Waals surface area contributed by atoms with E-state index >= 15 is 0 Å². The number of nitrogens with two attached hydrogens (primary N) is 1. The van der Waals surface area contributed by atoms with E-state index in [0.29, 0.717) is 0 Å². The van der Waals surface area contributed by atoms with E-state index in [4.69, 9.17) is 5.73 Å². The zero-order chi connectivity index (χ0) is 14.5. The van der Waals surface area contributed by atoms with E-state index in [1.165, 1.54) is 17.3 Å². The number of hydrogen-bond acceptors (Lipinski definition) is 3. The Labute approximate surface area is 123 Å². The van der Waals surface area contributed by atoms with Crippen molar-refractivity contribution in [3.8, 4) is 0 Å². The van der Waals surface area contributed by atoms with Crippen LogP contribution in [0.5, 0.6) is 0 Å². The summed E-state index contributed by atoms with van der Waals surface area (Å²) in [6.07, 6.45) is 0. The molecule has 0 aliphatic rings. The Morgan fingerprint density at radius 2 is 1.70 bits per heavy atom. The lowest BCUT2D eigenvalue weighted by Crippen LogP contribution is -2.22. The minimum Gasteiger partial charge on any atom is -0.399 e. The fraction of sp³-hybridized carbons (Fsp3) is 0.188. The average molecular weight is 286 g/mol. The second-order valence-electron chi connectivity index (χ2n) is 4.68. The summed E-state index contributed by atoms with van der Waals surface area (Å²) in [5.74, 6) is -0.00400. The highest BCUT2D eigenvalue weighted by Gasteiger charge is 2.14. The van der Waals surface area contributed by atoms with E-state index in [9.17, 15) is 4.79 Å². The summed E-state index contributed by atoms with van der Waals surface area (Å²) in [5.41, 5.74) is 8.37. The minimum absolute atomic E-state index is 0.00400. The molecule has 1 amide bonds. The van der Waals surface area contributed by atoms with Gasteiger partial charge >= 0.3 is 0 Å². The van der Waals surface area contributed by atoms with Gasteiger partial charge in [0.2, 0.25) is 5.91 Å². The number of carbonyl (C=O) groups excluding carboxylic acids is 1. The zero-order valence-electron chi connectivity index (χ0n) is 11.6. The minimum atomic E-state index is -0.167. The van der Waals surface area contributed by atoms with Gasteiger partial charge in [0.05, 0.1) is 5.25 Å². The first-order valence-electron chi connectivity index (χ1n) is 6.44. The molecule has 0 spiro atoms. The first-order valence-corrected chi connectivity index (χ1v) is 7.32. The number of nitrogens with one attached hydrogen (secondary N) is 1. The molecule has 3 N–H and O–H groups in total. The summed E-state index contributed by atoms with van der Waals surface area (Å²) in [4.78, 5) is 13.1. The monoisotopic (exact) mass is 286 g/mol. The van der Waals surface area contributed by atoms with Gasteiger partial charge in [0.25, 0.3) is 0 Å². The number of benzene rings is 2. The van der Waals surface area contributed by atoms with E-state index in [1.807, 2.05) is 62.4 Å². The zero-order valence-corrected chi connectivity index (χ0v) is 12.4. The Balaban J connectivity index is 1.94. The van der Waals surface area contributed by atoms with Crippen LogP contribution in [0.2, 0.25) is 0 Å². The van der Waals surface area contributed by atoms with E-state index in [-0.39, 0.29) is 11.2 Å². The molecule has 2 aromatic rings. The molecule has 2 aromatic carbocycles. The molecule has 0 saturated carbocycles. The number of anilines is 2. The summed E-state index contributed by atoms with van der Waals surface area (Å²) < 4.78 is 0. The van der Waals surface area contributed by atoms with Gasteiger partial charge in [-0.05, 0) is 50.2 Å². The molecule has 0 saturated heterocycles. The maximum absolute atomic E-state index is 12.1. The Morgan fingerprint density at radius 3 is 2.30 bits per heavy atom. The molecule has 1 atom stereocenters. The van der Waals surface area contributed by atoms with Crippen molar-refractivity contribution in [1.29, 1.82) is 0 Å². The van der Waals surface area contributed by atoms with Gasteiger partial charge in [0, 0.05) is 16.3 Å². The van der Waals surface area contributed by atoms with Crippen molar-refractivity contribution in [2.24, 2.45) is 0 Å². The van der Waals surface area contributed by atoms with Gasteiger partial charge in [-0.25, -0.2) is 0 Å². The number of carbonyl (C=O) groups is 1. The standard InChI is InChI=1S/C16H18N2OS/c1-11-3-7-14(8-4-11)18-16(19)12(2)20-15-9-5-13(17)6-10-15/h3-10,12H,17H2,1-2H3,(H,18,19). The van der Waals surface area contributed by atoms with Crippen molar-refractivity contribution in [1.82, 2.24) is 0 Å². The third-order valence-electron chi connectivity index (χ3n) is 2.88. The molecule has 0 fully saturated rings. The Morgan fingerprint density at radius 1 is 1.10 bits per heavy atom. The molecule has 0 aromatic heterocycles. The van der Waals surface area contributed by atoms with Crippen LogP contribution in [0.3, 0.4) is 0 Å². The van der Waals surface area contributed by atoms with Crippen LogP contribution in [0.25, 0.3) is 0 Å². The van der Waals surface area contributed by atoms with Gasteiger partial charge < -0.3 is 11.1 Å². The predicted molar refractivity (Wildman–Crippen MR) is 86.0 cm³/mol. The highest BCUT2D eigenvalue weighted by atomic mass is 32.2. The average Bonchev–Trinajstić information content (AvgIpc) is 2.44. The van der Waals surface area contributed by atoms with E-state index in [2.05, 4.69) is 5.32 Å². The number of aryl methyl sites for hydroxylation is 1. The summed E-state index contributed by atoms with van der Waals surface area (Å²) in [6, 6.07) is 15.3. The molecule has 2 rings (SSSR count). The number of hydrogen-bond donors (Lipinski definition) is 2. The third kappa shape index (κ3) is 4.03. The van der Waals surface area contributed by atoms with E-state index in [0.717, 1.165) is 16.3 Å². The van der Waals surface area contributed by atoms with Gasteiger partial charge in [-0.3, -0.25) is 4.79 Å². The fourth-order valence-corrected chi connectivity index (χ4v) is 2.55. The summed E-state index contributed by atoms with van der Waals surface area (Å²) in [6.45, 7) is 3.91.